The molecule has 15 heavy (non-hydrogen) atoms. The maximum absolute atomic E-state index is 9.55. The van der Waals surface area contributed by atoms with Crippen LogP contribution in [0.3, 0.4) is 0 Å². The number of benzene rings is 1. The highest BCUT2D eigenvalue weighted by molar-refractivity contribution is 9.10. The molecule has 1 heterocycles. The van der Waals surface area contributed by atoms with Gasteiger partial charge in [0.2, 0.25) is 0 Å². The van der Waals surface area contributed by atoms with Crippen LogP contribution in [0.4, 0.5) is 0 Å². The Morgan fingerprint density at radius 3 is 3.07 bits per heavy atom. The predicted octanol–water partition coefficient (Wildman–Crippen LogP) is 2.91. The molecule has 0 spiro atoms. The summed E-state index contributed by atoms with van der Waals surface area (Å²) in [6.45, 7) is 1.84. The normalized spacial score (nSPS) is 22.9. The van der Waals surface area contributed by atoms with Crippen molar-refractivity contribution >= 4 is 27.9 Å². The van der Waals surface area contributed by atoms with E-state index in [9.17, 15) is 5.11 Å². The molecule has 0 amide bonds. The van der Waals surface area contributed by atoms with E-state index < -0.39 is 0 Å². The molecule has 4 heteroatoms. The fourth-order valence-corrected chi connectivity index (χ4v) is 3.31. The molecule has 2 rings (SSSR count). The Balaban J connectivity index is 1.96. The standard InChI is InChI=1S/C11H14BrNOS/c12-9-3-1-5-11(7-9)15-13-6-2-4-10(14)8-13/h1,3,5,7,10,14H,2,4,6,8H2. The van der Waals surface area contributed by atoms with E-state index in [1.165, 1.54) is 4.90 Å². The molecule has 1 aromatic carbocycles. The van der Waals surface area contributed by atoms with E-state index in [1.54, 1.807) is 11.9 Å². The molecular weight excluding hydrogens is 274 g/mol. The van der Waals surface area contributed by atoms with Gasteiger partial charge in [0.15, 0.2) is 0 Å². The zero-order valence-corrected chi connectivity index (χ0v) is 10.8. The zero-order chi connectivity index (χ0) is 10.7. The summed E-state index contributed by atoms with van der Waals surface area (Å²) in [6, 6.07) is 8.25. The van der Waals surface area contributed by atoms with Crippen LogP contribution in [0.25, 0.3) is 0 Å². The Bertz CT molecular complexity index is 334. The first-order chi connectivity index (χ1) is 7.24. The molecule has 0 bridgehead atoms. The van der Waals surface area contributed by atoms with E-state index in [2.05, 4.69) is 32.4 Å². The van der Waals surface area contributed by atoms with E-state index in [0.29, 0.717) is 0 Å². The van der Waals surface area contributed by atoms with Gasteiger partial charge < -0.3 is 5.11 Å². The van der Waals surface area contributed by atoms with Crippen molar-refractivity contribution in [3.63, 3.8) is 0 Å². The Morgan fingerprint density at radius 1 is 1.47 bits per heavy atom. The molecule has 1 fully saturated rings. The fourth-order valence-electron chi connectivity index (χ4n) is 1.68. The number of nitrogens with zero attached hydrogens (tertiary/aromatic N) is 1. The number of β-amino-alcohol motifs (C(OH)–C–C–N with tert-alkyl or cyclic N) is 1. The number of hydrogen-bond acceptors (Lipinski definition) is 3. The third kappa shape index (κ3) is 3.48. The summed E-state index contributed by atoms with van der Waals surface area (Å²) < 4.78 is 3.33. The highest BCUT2D eigenvalue weighted by Gasteiger charge is 2.18. The lowest BCUT2D eigenvalue weighted by atomic mass is 10.1. The van der Waals surface area contributed by atoms with E-state index >= 15 is 0 Å². The van der Waals surface area contributed by atoms with Crippen LogP contribution in [0.2, 0.25) is 0 Å². The van der Waals surface area contributed by atoms with Gasteiger partial charge in [0.25, 0.3) is 0 Å². The fraction of sp³-hybridized carbons (Fsp3) is 0.455. The summed E-state index contributed by atoms with van der Waals surface area (Å²) in [5.41, 5.74) is 0. The summed E-state index contributed by atoms with van der Waals surface area (Å²) in [7, 11) is 0. The van der Waals surface area contributed by atoms with Gasteiger partial charge in [-0.25, -0.2) is 4.31 Å². The highest BCUT2D eigenvalue weighted by Crippen LogP contribution is 2.27. The van der Waals surface area contributed by atoms with Gasteiger partial charge in [-0.3, -0.25) is 0 Å². The van der Waals surface area contributed by atoms with E-state index in [-0.39, 0.29) is 6.10 Å². The summed E-state index contributed by atoms with van der Waals surface area (Å²) in [5.74, 6) is 0. The SMILES string of the molecule is OC1CCCN(Sc2cccc(Br)c2)C1. The summed E-state index contributed by atoms with van der Waals surface area (Å²) in [5, 5.41) is 9.55. The molecule has 0 radical (unpaired) electrons. The van der Waals surface area contributed by atoms with E-state index in [0.717, 1.165) is 30.4 Å². The number of hydrogen-bond donors (Lipinski definition) is 1. The van der Waals surface area contributed by atoms with Crippen molar-refractivity contribution in [2.75, 3.05) is 13.1 Å². The van der Waals surface area contributed by atoms with Gasteiger partial charge in [0, 0.05) is 22.5 Å². The van der Waals surface area contributed by atoms with E-state index in [4.69, 9.17) is 0 Å². The monoisotopic (exact) mass is 287 g/mol. The van der Waals surface area contributed by atoms with Gasteiger partial charge >= 0.3 is 0 Å². The van der Waals surface area contributed by atoms with Crippen molar-refractivity contribution in [2.45, 2.75) is 23.8 Å². The van der Waals surface area contributed by atoms with Crippen molar-refractivity contribution in [1.29, 1.82) is 0 Å². The number of aliphatic hydroxyl groups excluding tert-OH is 1. The minimum Gasteiger partial charge on any atom is -0.392 e. The van der Waals surface area contributed by atoms with Crippen LogP contribution in [0.5, 0.6) is 0 Å². The van der Waals surface area contributed by atoms with Crippen molar-refractivity contribution in [2.24, 2.45) is 0 Å². The van der Waals surface area contributed by atoms with Crippen molar-refractivity contribution in [3.05, 3.63) is 28.7 Å². The molecule has 1 aliphatic rings. The summed E-state index contributed by atoms with van der Waals surface area (Å²) in [6.07, 6.45) is 1.87. The molecule has 82 valence electrons. The molecule has 1 aliphatic heterocycles. The Morgan fingerprint density at radius 2 is 2.33 bits per heavy atom. The third-order valence-corrected chi connectivity index (χ3v) is 3.94. The number of rotatable bonds is 2. The van der Waals surface area contributed by atoms with Crippen molar-refractivity contribution in [1.82, 2.24) is 4.31 Å². The minimum atomic E-state index is -0.154. The molecule has 1 unspecified atom stereocenters. The molecule has 1 saturated heterocycles. The van der Waals surface area contributed by atoms with E-state index in [1.807, 2.05) is 12.1 Å². The molecular formula is C11H14BrNOS. The molecule has 0 aromatic heterocycles. The van der Waals surface area contributed by atoms with Crippen LogP contribution in [0.15, 0.2) is 33.6 Å². The van der Waals surface area contributed by atoms with Crippen LogP contribution in [0, 0.1) is 0 Å². The predicted molar refractivity (Wildman–Crippen MR) is 66.8 cm³/mol. The molecule has 1 atom stereocenters. The lowest BCUT2D eigenvalue weighted by Gasteiger charge is -2.28. The van der Waals surface area contributed by atoms with Crippen LogP contribution < -0.4 is 0 Å². The lowest BCUT2D eigenvalue weighted by molar-refractivity contribution is 0.112. The zero-order valence-electron chi connectivity index (χ0n) is 8.40. The number of aliphatic hydroxyl groups is 1. The smallest absolute Gasteiger partial charge is 0.0677 e. The second-order valence-electron chi connectivity index (χ2n) is 3.73. The quantitative estimate of drug-likeness (QED) is 0.846. The summed E-state index contributed by atoms with van der Waals surface area (Å²) in [4.78, 5) is 1.22. The van der Waals surface area contributed by atoms with Gasteiger partial charge in [-0.2, -0.15) is 0 Å². The first-order valence-electron chi connectivity index (χ1n) is 5.10. The molecule has 0 saturated carbocycles. The Kier molecular flexibility index (Phi) is 4.08. The summed E-state index contributed by atoms with van der Waals surface area (Å²) >= 11 is 5.18. The largest absolute Gasteiger partial charge is 0.392 e. The minimum absolute atomic E-state index is 0.154. The first-order valence-corrected chi connectivity index (χ1v) is 6.67. The first kappa shape index (κ1) is 11.5. The number of halogens is 1. The number of piperidine rings is 1. The Hall–Kier alpha value is -0.0300. The second kappa shape index (κ2) is 5.34. The van der Waals surface area contributed by atoms with Crippen LogP contribution in [-0.4, -0.2) is 28.6 Å². The average molecular weight is 288 g/mol. The van der Waals surface area contributed by atoms with Crippen LogP contribution in [-0.2, 0) is 0 Å². The van der Waals surface area contributed by atoms with Gasteiger partial charge in [-0.1, -0.05) is 22.0 Å². The van der Waals surface area contributed by atoms with Gasteiger partial charge in [0.1, 0.15) is 0 Å². The average Bonchev–Trinajstić information content (AvgIpc) is 2.17. The topological polar surface area (TPSA) is 23.5 Å². The van der Waals surface area contributed by atoms with Gasteiger partial charge in [0.05, 0.1) is 6.10 Å². The highest BCUT2D eigenvalue weighted by atomic mass is 79.9. The molecule has 1 N–H and O–H groups in total. The van der Waals surface area contributed by atoms with Gasteiger partial charge in [-0.05, 0) is 43.0 Å². The Labute approximate surface area is 103 Å². The molecule has 2 nitrogen and oxygen atoms in total. The molecule has 1 aromatic rings. The molecule has 0 aliphatic carbocycles. The van der Waals surface area contributed by atoms with Crippen molar-refractivity contribution in [3.8, 4) is 0 Å². The maximum atomic E-state index is 9.55. The van der Waals surface area contributed by atoms with Gasteiger partial charge in [-0.15, -0.1) is 0 Å². The van der Waals surface area contributed by atoms with Crippen LogP contribution >= 0.6 is 27.9 Å². The van der Waals surface area contributed by atoms with Crippen LogP contribution in [0.1, 0.15) is 12.8 Å². The third-order valence-electron chi connectivity index (χ3n) is 2.39. The maximum Gasteiger partial charge on any atom is 0.0677 e. The second-order valence-corrected chi connectivity index (χ2v) is 5.82. The van der Waals surface area contributed by atoms with Crippen molar-refractivity contribution < 1.29 is 5.11 Å². The lowest BCUT2D eigenvalue weighted by Crippen LogP contribution is -2.33.